The lowest BCUT2D eigenvalue weighted by atomic mass is 10.2. The Morgan fingerprint density at radius 2 is 1.92 bits per heavy atom. The lowest BCUT2D eigenvalue weighted by molar-refractivity contribution is 0.00482. The van der Waals surface area contributed by atoms with Gasteiger partial charge in [-0.05, 0) is 19.4 Å². The summed E-state index contributed by atoms with van der Waals surface area (Å²) in [6, 6.07) is 0. The first-order valence-corrected chi connectivity index (χ1v) is 5.01. The zero-order chi connectivity index (χ0) is 10.1. The third-order valence-corrected chi connectivity index (χ3v) is 1.68. The summed E-state index contributed by atoms with van der Waals surface area (Å²) in [5.41, 5.74) is 0. The van der Waals surface area contributed by atoms with Crippen molar-refractivity contribution in [2.24, 2.45) is 5.92 Å². The molecule has 13 heavy (non-hydrogen) atoms. The Bertz CT molecular complexity index is 101. The SMILES string of the molecule is CCOC(CNCC(C)C)COC. The van der Waals surface area contributed by atoms with Crippen molar-refractivity contribution in [2.45, 2.75) is 26.9 Å². The van der Waals surface area contributed by atoms with Gasteiger partial charge in [-0.2, -0.15) is 0 Å². The highest BCUT2D eigenvalue weighted by atomic mass is 16.5. The molecule has 0 aromatic rings. The molecule has 0 aliphatic heterocycles. The van der Waals surface area contributed by atoms with Gasteiger partial charge < -0.3 is 14.8 Å². The zero-order valence-corrected chi connectivity index (χ0v) is 9.30. The van der Waals surface area contributed by atoms with Crippen LogP contribution < -0.4 is 5.32 Å². The third-order valence-electron chi connectivity index (χ3n) is 1.68. The predicted octanol–water partition coefficient (Wildman–Crippen LogP) is 1.28. The average Bonchev–Trinajstić information content (AvgIpc) is 2.04. The van der Waals surface area contributed by atoms with Crippen molar-refractivity contribution < 1.29 is 9.47 Å². The first-order valence-electron chi connectivity index (χ1n) is 5.01. The standard InChI is InChI=1S/C10H23NO2/c1-5-13-10(8-12-4)7-11-6-9(2)3/h9-11H,5-8H2,1-4H3. The molecule has 0 aromatic carbocycles. The molecule has 0 aromatic heterocycles. The van der Waals surface area contributed by atoms with Crippen LogP contribution in [0.2, 0.25) is 0 Å². The van der Waals surface area contributed by atoms with Gasteiger partial charge in [0.25, 0.3) is 0 Å². The Morgan fingerprint density at radius 3 is 2.38 bits per heavy atom. The molecule has 1 atom stereocenters. The molecule has 0 saturated carbocycles. The van der Waals surface area contributed by atoms with Crippen LogP contribution in [0.25, 0.3) is 0 Å². The molecule has 0 aliphatic rings. The fourth-order valence-corrected chi connectivity index (χ4v) is 1.12. The highest BCUT2D eigenvalue weighted by Crippen LogP contribution is 1.93. The van der Waals surface area contributed by atoms with E-state index in [1.54, 1.807) is 7.11 Å². The maximum atomic E-state index is 5.48. The highest BCUT2D eigenvalue weighted by molar-refractivity contribution is 4.61. The van der Waals surface area contributed by atoms with E-state index in [0.29, 0.717) is 12.5 Å². The van der Waals surface area contributed by atoms with Crippen molar-refractivity contribution in [3.05, 3.63) is 0 Å². The Balaban J connectivity index is 3.44. The van der Waals surface area contributed by atoms with Crippen LogP contribution in [0.4, 0.5) is 0 Å². The van der Waals surface area contributed by atoms with Crippen LogP contribution in [-0.4, -0.2) is 39.5 Å². The lowest BCUT2D eigenvalue weighted by Gasteiger charge is -2.17. The van der Waals surface area contributed by atoms with E-state index >= 15 is 0 Å². The number of hydrogen-bond acceptors (Lipinski definition) is 3. The Labute approximate surface area is 81.8 Å². The van der Waals surface area contributed by atoms with Gasteiger partial charge in [0.2, 0.25) is 0 Å². The molecular weight excluding hydrogens is 166 g/mol. The van der Waals surface area contributed by atoms with Crippen molar-refractivity contribution in [3.63, 3.8) is 0 Å². The van der Waals surface area contributed by atoms with Gasteiger partial charge in [0, 0.05) is 20.3 Å². The molecule has 1 N–H and O–H groups in total. The fourth-order valence-electron chi connectivity index (χ4n) is 1.12. The van der Waals surface area contributed by atoms with E-state index in [1.165, 1.54) is 0 Å². The van der Waals surface area contributed by atoms with E-state index in [0.717, 1.165) is 19.7 Å². The topological polar surface area (TPSA) is 30.5 Å². The summed E-state index contributed by atoms with van der Waals surface area (Å²) in [5, 5.41) is 3.35. The molecule has 1 unspecified atom stereocenters. The van der Waals surface area contributed by atoms with Gasteiger partial charge >= 0.3 is 0 Å². The summed E-state index contributed by atoms with van der Waals surface area (Å²) in [4.78, 5) is 0. The van der Waals surface area contributed by atoms with Crippen LogP contribution in [0.5, 0.6) is 0 Å². The van der Waals surface area contributed by atoms with Crippen molar-refractivity contribution in [3.8, 4) is 0 Å². The molecule has 0 spiro atoms. The Hall–Kier alpha value is -0.120. The second-order valence-electron chi connectivity index (χ2n) is 3.58. The van der Waals surface area contributed by atoms with Crippen LogP contribution in [0.1, 0.15) is 20.8 Å². The molecule has 0 amide bonds. The van der Waals surface area contributed by atoms with Crippen LogP contribution in [0.15, 0.2) is 0 Å². The molecule has 0 heterocycles. The lowest BCUT2D eigenvalue weighted by Crippen LogP contribution is -2.34. The third kappa shape index (κ3) is 8.22. The Morgan fingerprint density at radius 1 is 1.23 bits per heavy atom. The number of rotatable bonds is 8. The van der Waals surface area contributed by atoms with E-state index < -0.39 is 0 Å². The number of hydrogen-bond donors (Lipinski definition) is 1. The molecule has 0 bridgehead atoms. The summed E-state index contributed by atoms with van der Waals surface area (Å²) >= 11 is 0. The molecule has 0 saturated heterocycles. The van der Waals surface area contributed by atoms with Gasteiger partial charge in [-0.1, -0.05) is 13.8 Å². The molecule has 0 radical (unpaired) electrons. The maximum Gasteiger partial charge on any atom is 0.0932 e. The summed E-state index contributed by atoms with van der Waals surface area (Å²) in [5.74, 6) is 0.685. The maximum absolute atomic E-state index is 5.48. The molecule has 3 nitrogen and oxygen atoms in total. The molecule has 0 rings (SSSR count). The van der Waals surface area contributed by atoms with Crippen LogP contribution >= 0.6 is 0 Å². The van der Waals surface area contributed by atoms with Crippen molar-refractivity contribution in [1.82, 2.24) is 5.32 Å². The van der Waals surface area contributed by atoms with E-state index in [9.17, 15) is 0 Å². The minimum absolute atomic E-state index is 0.189. The Kier molecular flexibility index (Phi) is 8.40. The zero-order valence-electron chi connectivity index (χ0n) is 9.30. The largest absolute Gasteiger partial charge is 0.382 e. The summed E-state index contributed by atoms with van der Waals surface area (Å²) in [6.45, 7) is 9.71. The van der Waals surface area contributed by atoms with Gasteiger partial charge in [-0.3, -0.25) is 0 Å². The number of nitrogens with one attached hydrogen (secondary N) is 1. The highest BCUT2D eigenvalue weighted by Gasteiger charge is 2.06. The van der Waals surface area contributed by atoms with Crippen molar-refractivity contribution in [1.29, 1.82) is 0 Å². The molecule has 80 valence electrons. The van der Waals surface area contributed by atoms with Gasteiger partial charge in [0.1, 0.15) is 0 Å². The number of methoxy groups -OCH3 is 1. The minimum atomic E-state index is 0.189. The molecule has 0 aliphatic carbocycles. The van der Waals surface area contributed by atoms with Crippen LogP contribution in [0, 0.1) is 5.92 Å². The first-order chi connectivity index (χ1) is 6.20. The fraction of sp³-hybridized carbons (Fsp3) is 1.00. The summed E-state index contributed by atoms with van der Waals surface area (Å²) < 4.78 is 10.5. The van der Waals surface area contributed by atoms with Gasteiger partial charge in [0.15, 0.2) is 0 Å². The van der Waals surface area contributed by atoms with Crippen LogP contribution in [-0.2, 0) is 9.47 Å². The minimum Gasteiger partial charge on any atom is -0.382 e. The molecular formula is C10H23NO2. The smallest absolute Gasteiger partial charge is 0.0932 e. The molecule has 0 fully saturated rings. The summed E-state index contributed by atoms with van der Waals surface area (Å²) in [7, 11) is 1.70. The summed E-state index contributed by atoms with van der Waals surface area (Å²) in [6.07, 6.45) is 0.189. The monoisotopic (exact) mass is 189 g/mol. The van der Waals surface area contributed by atoms with Gasteiger partial charge in [-0.25, -0.2) is 0 Å². The second kappa shape index (κ2) is 8.48. The van der Waals surface area contributed by atoms with Crippen LogP contribution in [0.3, 0.4) is 0 Å². The average molecular weight is 189 g/mol. The van der Waals surface area contributed by atoms with E-state index in [4.69, 9.17) is 9.47 Å². The molecule has 3 heteroatoms. The van der Waals surface area contributed by atoms with E-state index in [2.05, 4.69) is 19.2 Å². The van der Waals surface area contributed by atoms with E-state index in [1.807, 2.05) is 6.92 Å². The predicted molar refractivity (Wildman–Crippen MR) is 55.0 cm³/mol. The van der Waals surface area contributed by atoms with Crippen molar-refractivity contribution >= 4 is 0 Å². The van der Waals surface area contributed by atoms with Gasteiger partial charge in [0.05, 0.1) is 12.7 Å². The van der Waals surface area contributed by atoms with E-state index in [-0.39, 0.29) is 6.10 Å². The normalized spacial score (nSPS) is 13.6. The van der Waals surface area contributed by atoms with Gasteiger partial charge in [-0.15, -0.1) is 0 Å². The second-order valence-corrected chi connectivity index (χ2v) is 3.58. The van der Waals surface area contributed by atoms with Crippen molar-refractivity contribution in [2.75, 3.05) is 33.4 Å². The number of ether oxygens (including phenoxy) is 2. The quantitative estimate of drug-likeness (QED) is 0.624. The first kappa shape index (κ1) is 12.9.